The van der Waals surface area contributed by atoms with Crippen LogP contribution in [-0.4, -0.2) is 41.3 Å². The zero-order valence-electron chi connectivity index (χ0n) is 13.3. The number of rotatable bonds is 5. The number of guanidine groups is 1. The van der Waals surface area contributed by atoms with Gasteiger partial charge in [0.25, 0.3) is 0 Å². The summed E-state index contributed by atoms with van der Waals surface area (Å²) in [6.45, 7) is 6.14. The first kappa shape index (κ1) is 19.6. The average Bonchev–Trinajstić information content (AvgIpc) is 2.89. The van der Waals surface area contributed by atoms with Gasteiger partial charge in [-0.25, -0.2) is 4.99 Å². The third-order valence-electron chi connectivity index (χ3n) is 3.51. The van der Waals surface area contributed by atoms with Crippen LogP contribution < -0.4 is 10.6 Å². The van der Waals surface area contributed by atoms with E-state index in [9.17, 15) is 5.11 Å². The fourth-order valence-electron chi connectivity index (χ4n) is 2.31. The molecule has 1 saturated heterocycles. The summed E-state index contributed by atoms with van der Waals surface area (Å²) < 4.78 is 0. The molecule has 1 aliphatic rings. The van der Waals surface area contributed by atoms with E-state index in [0.717, 1.165) is 30.4 Å². The highest BCUT2D eigenvalue weighted by Gasteiger charge is 2.31. The highest BCUT2D eigenvalue weighted by atomic mass is 127. The molecule has 0 spiro atoms. The van der Waals surface area contributed by atoms with Gasteiger partial charge in [-0.1, -0.05) is 29.8 Å². The molecule has 1 aromatic rings. The van der Waals surface area contributed by atoms with Crippen LogP contribution in [0.5, 0.6) is 0 Å². The highest BCUT2D eigenvalue weighted by molar-refractivity contribution is 14.0. The minimum atomic E-state index is -0.593. The highest BCUT2D eigenvalue weighted by Crippen LogP contribution is 2.26. The van der Waals surface area contributed by atoms with Crippen molar-refractivity contribution < 1.29 is 5.11 Å². The Kier molecular flexibility index (Phi) is 8.56. The molecule has 1 aromatic carbocycles. The first-order valence-electron chi connectivity index (χ1n) is 7.49. The maximum absolute atomic E-state index is 10.4. The summed E-state index contributed by atoms with van der Waals surface area (Å²) in [5.74, 6) is 2.61. The van der Waals surface area contributed by atoms with Crippen molar-refractivity contribution in [3.63, 3.8) is 0 Å². The second kappa shape index (κ2) is 9.62. The molecule has 0 aliphatic carbocycles. The first-order chi connectivity index (χ1) is 10.1. The number of aliphatic hydroxyl groups is 1. The topological polar surface area (TPSA) is 56.7 Å². The molecule has 22 heavy (non-hydrogen) atoms. The SMILES string of the molecule is CCNC(=NCc1cccc(C)c1)NCC1(O)CCSC1.I. The molecule has 1 unspecified atom stereocenters. The van der Waals surface area contributed by atoms with Crippen molar-refractivity contribution in [3.05, 3.63) is 35.4 Å². The predicted octanol–water partition coefficient (Wildman–Crippen LogP) is 2.54. The monoisotopic (exact) mass is 435 g/mol. The molecule has 0 amide bonds. The van der Waals surface area contributed by atoms with E-state index in [-0.39, 0.29) is 24.0 Å². The molecule has 124 valence electrons. The van der Waals surface area contributed by atoms with Gasteiger partial charge in [0.05, 0.1) is 12.1 Å². The Balaban J connectivity index is 0.00000242. The number of hydrogen-bond acceptors (Lipinski definition) is 3. The number of benzene rings is 1. The van der Waals surface area contributed by atoms with E-state index in [1.807, 2.05) is 18.7 Å². The van der Waals surface area contributed by atoms with E-state index in [4.69, 9.17) is 0 Å². The molecular formula is C16H26IN3OS. The van der Waals surface area contributed by atoms with Crippen molar-refractivity contribution in [1.29, 1.82) is 0 Å². The number of aryl methyl sites for hydroxylation is 1. The van der Waals surface area contributed by atoms with Crippen molar-refractivity contribution in [1.82, 2.24) is 10.6 Å². The Morgan fingerprint density at radius 1 is 1.41 bits per heavy atom. The molecular weight excluding hydrogens is 409 g/mol. The summed E-state index contributed by atoms with van der Waals surface area (Å²) >= 11 is 1.81. The lowest BCUT2D eigenvalue weighted by molar-refractivity contribution is 0.0724. The van der Waals surface area contributed by atoms with Crippen LogP contribution in [0.1, 0.15) is 24.5 Å². The molecule has 1 fully saturated rings. The summed E-state index contributed by atoms with van der Waals surface area (Å²) in [4.78, 5) is 4.59. The average molecular weight is 435 g/mol. The second-order valence-corrected chi connectivity index (χ2v) is 6.67. The van der Waals surface area contributed by atoms with E-state index in [0.29, 0.717) is 13.1 Å². The maximum Gasteiger partial charge on any atom is 0.191 e. The van der Waals surface area contributed by atoms with Gasteiger partial charge in [0.2, 0.25) is 0 Å². The maximum atomic E-state index is 10.4. The third kappa shape index (κ3) is 6.34. The minimum absolute atomic E-state index is 0. The van der Waals surface area contributed by atoms with Crippen LogP contribution in [0.2, 0.25) is 0 Å². The molecule has 0 aromatic heterocycles. The van der Waals surface area contributed by atoms with Crippen LogP contribution in [0.3, 0.4) is 0 Å². The van der Waals surface area contributed by atoms with Gasteiger partial charge in [0.15, 0.2) is 5.96 Å². The van der Waals surface area contributed by atoms with Crippen LogP contribution >= 0.6 is 35.7 Å². The van der Waals surface area contributed by atoms with Gasteiger partial charge in [-0.05, 0) is 31.6 Å². The van der Waals surface area contributed by atoms with Crippen molar-refractivity contribution in [3.8, 4) is 0 Å². The summed E-state index contributed by atoms with van der Waals surface area (Å²) in [6, 6.07) is 8.37. The molecule has 6 heteroatoms. The number of halogens is 1. The van der Waals surface area contributed by atoms with Crippen molar-refractivity contribution >= 4 is 41.7 Å². The molecule has 0 bridgehead atoms. The quantitative estimate of drug-likeness (QED) is 0.378. The minimum Gasteiger partial charge on any atom is -0.387 e. The standard InChI is InChI=1S/C16H25N3OS.HI/c1-3-17-15(19-11-16(20)7-8-21-12-16)18-10-14-6-4-5-13(2)9-14;/h4-6,9,20H,3,7-8,10-12H2,1-2H3,(H2,17,18,19);1H. The molecule has 0 radical (unpaired) electrons. The first-order valence-corrected chi connectivity index (χ1v) is 8.65. The van der Waals surface area contributed by atoms with Gasteiger partial charge < -0.3 is 15.7 Å². The Morgan fingerprint density at radius 3 is 2.86 bits per heavy atom. The molecule has 1 aliphatic heterocycles. The van der Waals surface area contributed by atoms with E-state index in [1.165, 1.54) is 11.1 Å². The lowest BCUT2D eigenvalue weighted by atomic mass is 10.0. The summed E-state index contributed by atoms with van der Waals surface area (Å²) in [5, 5.41) is 16.9. The number of aliphatic imine (C=N–C) groups is 1. The van der Waals surface area contributed by atoms with Crippen LogP contribution in [0, 0.1) is 6.92 Å². The van der Waals surface area contributed by atoms with E-state index in [2.05, 4.69) is 46.8 Å². The van der Waals surface area contributed by atoms with Crippen molar-refractivity contribution in [2.75, 3.05) is 24.6 Å². The van der Waals surface area contributed by atoms with E-state index < -0.39 is 5.60 Å². The number of hydrogen-bond donors (Lipinski definition) is 3. The predicted molar refractivity (Wildman–Crippen MR) is 106 cm³/mol. The number of thioether (sulfide) groups is 1. The Morgan fingerprint density at radius 2 is 2.23 bits per heavy atom. The largest absolute Gasteiger partial charge is 0.387 e. The molecule has 0 saturated carbocycles. The van der Waals surface area contributed by atoms with Crippen LogP contribution in [0.25, 0.3) is 0 Å². The van der Waals surface area contributed by atoms with Gasteiger partial charge in [0, 0.05) is 18.8 Å². The number of nitrogens with one attached hydrogen (secondary N) is 2. The fourth-order valence-corrected chi connectivity index (χ4v) is 3.60. The van der Waals surface area contributed by atoms with Crippen molar-refractivity contribution in [2.24, 2.45) is 4.99 Å². The van der Waals surface area contributed by atoms with E-state index in [1.54, 1.807) is 0 Å². The summed E-state index contributed by atoms with van der Waals surface area (Å²) in [5.41, 5.74) is 1.85. The molecule has 2 rings (SSSR count). The molecule has 3 N–H and O–H groups in total. The zero-order chi connectivity index (χ0) is 15.1. The van der Waals surface area contributed by atoms with Crippen LogP contribution in [-0.2, 0) is 6.54 Å². The third-order valence-corrected chi connectivity index (χ3v) is 4.75. The summed E-state index contributed by atoms with van der Waals surface area (Å²) in [6.07, 6.45) is 0.849. The lowest BCUT2D eigenvalue weighted by Gasteiger charge is -2.23. The Hall–Kier alpha value is -0.470. The van der Waals surface area contributed by atoms with Gasteiger partial charge in [-0.3, -0.25) is 0 Å². The number of nitrogens with zero attached hydrogens (tertiary/aromatic N) is 1. The Labute approximate surface area is 154 Å². The van der Waals surface area contributed by atoms with Crippen LogP contribution in [0.15, 0.2) is 29.3 Å². The zero-order valence-corrected chi connectivity index (χ0v) is 16.4. The Bertz CT molecular complexity index is 490. The molecule has 4 nitrogen and oxygen atoms in total. The van der Waals surface area contributed by atoms with Gasteiger partial charge in [-0.15, -0.1) is 24.0 Å². The molecule has 1 heterocycles. The van der Waals surface area contributed by atoms with Crippen LogP contribution in [0.4, 0.5) is 0 Å². The van der Waals surface area contributed by atoms with Gasteiger partial charge in [0.1, 0.15) is 0 Å². The normalized spacial score (nSPS) is 21.3. The lowest BCUT2D eigenvalue weighted by Crippen LogP contribution is -2.47. The van der Waals surface area contributed by atoms with Gasteiger partial charge >= 0.3 is 0 Å². The van der Waals surface area contributed by atoms with E-state index >= 15 is 0 Å². The second-order valence-electron chi connectivity index (χ2n) is 5.56. The van der Waals surface area contributed by atoms with Crippen molar-refractivity contribution in [2.45, 2.75) is 32.4 Å². The molecule has 1 atom stereocenters. The fraction of sp³-hybridized carbons (Fsp3) is 0.562. The summed E-state index contributed by atoms with van der Waals surface area (Å²) in [7, 11) is 0. The smallest absolute Gasteiger partial charge is 0.191 e. The van der Waals surface area contributed by atoms with Gasteiger partial charge in [-0.2, -0.15) is 11.8 Å².